The summed E-state index contributed by atoms with van der Waals surface area (Å²) in [5.41, 5.74) is 1.92. The number of aliphatic hydroxyl groups is 1. The molecule has 0 aliphatic rings. The molecule has 0 saturated heterocycles. The van der Waals surface area contributed by atoms with Crippen molar-refractivity contribution in [2.75, 3.05) is 13.2 Å². The van der Waals surface area contributed by atoms with E-state index in [0.717, 1.165) is 24.2 Å². The number of aliphatic hydroxyl groups excluding tert-OH is 1. The summed E-state index contributed by atoms with van der Waals surface area (Å²) in [5, 5.41) is 16.0. The Hall–Kier alpha value is -1.36. The second-order valence-corrected chi connectivity index (χ2v) is 4.86. The van der Waals surface area contributed by atoms with Crippen LogP contribution in [0.1, 0.15) is 31.2 Å². The van der Waals surface area contributed by atoms with Gasteiger partial charge in [0.05, 0.1) is 5.69 Å². The van der Waals surface area contributed by atoms with Gasteiger partial charge in [-0.15, -0.1) is 0 Å². The normalized spacial score (nSPS) is 12.4. The Morgan fingerprint density at radius 2 is 2.28 bits per heavy atom. The number of amides is 1. The molecule has 0 radical (unpaired) electrons. The molecule has 18 heavy (non-hydrogen) atoms. The Bertz CT molecular complexity index is 388. The molecule has 1 aromatic heterocycles. The highest BCUT2D eigenvalue weighted by molar-refractivity contribution is 5.75. The molecule has 5 heteroatoms. The molecule has 0 aliphatic heterocycles. The van der Waals surface area contributed by atoms with Crippen molar-refractivity contribution in [3.63, 3.8) is 0 Å². The van der Waals surface area contributed by atoms with Gasteiger partial charge >= 0.3 is 0 Å². The van der Waals surface area contributed by atoms with Gasteiger partial charge in [0, 0.05) is 18.8 Å². The SMILES string of the molecule is Cc1cc(C)n(CC(=O)NCCCC(C)CO)n1. The number of nitrogens with one attached hydrogen (secondary N) is 1. The quantitative estimate of drug-likeness (QED) is 0.713. The van der Waals surface area contributed by atoms with Gasteiger partial charge in [0.15, 0.2) is 0 Å². The number of hydrogen-bond donors (Lipinski definition) is 2. The van der Waals surface area contributed by atoms with Crippen LogP contribution in [0.15, 0.2) is 6.07 Å². The molecule has 0 bridgehead atoms. The molecule has 1 atom stereocenters. The third-order valence-corrected chi connectivity index (χ3v) is 2.90. The Balaban J connectivity index is 2.24. The van der Waals surface area contributed by atoms with Crippen molar-refractivity contribution in [1.29, 1.82) is 0 Å². The number of carbonyl (C=O) groups excluding carboxylic acids is 1. The van der Waals surface area contributed by atoms with Crippen molar-refractivity contribution in [3.05, 3.63) is 17.5 Å². The van der Waals surface area contributed by atoms with Gasteiger partial charge in [-0.25, -0.2) is 0 Å². The minimum atomic E-state index is -0.0159. The van der Waals surface area contributed by atoms with Crippen molar-refractivity contribution in [3.8, 4) is 0 Å². The standard InChI is InChI=1S/C13H23N3O2/c1-10(9-17)5-4-6-14-13(18)8-16-12(3)7-11(2)15-16/h7,10,17H,4-6,8-9H2,1-3H3,(H,14,18). The van der Waals surface area contributed by atoms with Crippen LogP contribution in [-0.4, -0.2) is 33.9 Å². The van der Waals surface area contributed by atoms with E-state index in [1.54, 1.807) is 4.68 Å². The molecule has 0 aromatic carbocycles. The molecule has 2 N–H and O–H groups in total. The highest BCUT2D eigenvalue weighted by atomic mass is 16.3. The first-order chi connectivity index (χ1) is 8.52. The van der Waals surface area contributed by atoms with Crippen molar-refractivity contribution >= 4 is 5.91 Å². The third kappa shape index (κ3) is 4.87. The highest BCUT2D eigenvalue weighted by Gasteiger charge is 2.06. The highest BCUT2D eigenvalue weighted by Crippen LogP contribution is 2.03. The second kappa shape index (κ2) is 7.16. The first kappa shape index (κ1) is 14.7. The molecule has 1 rings (SSSR count). The van der Waals surface area contributed by atoms with E-state index in [2.05, 4.69) is 10.4 Å². The number of aryl methyl sites for hydroxylation is 2. The van der Waals surface area contributed by atoms with Gasteiger partial charge < -0.3 is 10.4 Å². The number of rotatable bonds is 7. The van der Waals surface area contributed by atoms with Crippen LogP contribution in [0.25, 0.3) is 0 Å². The monoisotopic (exact) mass is 253 g/mol. The van der Waals surface area contributed by atoms with E-state index < -0.39 is 0 Å². The topological polar surface area (TPSA) is 67.2 Å². The van der Waals surface area contributed by atoms with Crippen LogP contribution < -0.4 is 5.32 Å². The van der Waals surface area contributed by atoms with Gasteiger partial charge in [0.2, 0.25) is 5.91 Å². The van der Waals surface area contributed by atoms with Gasteiger partial charge in [0.1, 0.15) is 6.54 Å². The lowest BCUT2D eigenvalue weighted by Gasteiger charge is -2.09. The fourth-order valence-corrected chi connectivity index (χ4v) is 1.80. The largest absolute Gasteiger partial charge is 0.396 e. The van der Waals surface area contributed by atoms with Crippen molar-refractivity contribution in [2.45, 2.75) is 40.2 Å². The lowest BCUT2D eigenvalue weighted by atomic mass is 10.1. The molecule has 1 aromatic rings. The summed E-state index contributed by atoms with van der Waals surface area (Å²) in [5.74, 6) is 0.288. The first-order valence-electron chi connectivity index (χ1n) is 6.41. The van der Waals surface area contributed by atoms with E-state index in [-0.39, 0.29) is 19.1 Å². The maximum atomic E-state index is 11.7. The van der Waals surface area contributed by atoms with Crippen LogP contribution in [0.2, 0.25) is 0 Å². The maximum absolute atomic E-state index is 11.7. The fourth-order valence-electron chi connectivity index (χ4n) is 1.80. The van der Waals surface area contributed by atoms with Gasteiger partial charge in [-0.2, -0.15) is 5.10 Å². The Morgan fingerprint density at radius 1 is 1.56 bits per heavy atom. The van der Waals surface area contributed by atoms with E-state index in [0.29, 0.717) is 12.5 Å². The molecule has 0 saturated carbocycles. The van der Waals surface area contributed by atoms with Crippen molar-refractivity contribution in [1.82, 2.24) is 15.1 Å². The van der Waals surface area contributed by atoms with Crippen molar-refractivity contribution < 1.29 is 9.90 Å². The summed E-state index contributed by atoms with van der Waals surface area (Å²) in [6, 6.07) is 1.95. The number of nitrogens with zero attached hydrogens (tertiary/aromatic N) is 2. The predicted octanol–water partition coefficient (Wildman–Crippen LogP) is 1.02. The smallest absolute Gasteiger partial charge is 0.241 e. The molecule has 0 aliphatic carbocycles. The van der Waals surface area contributed by atoms with Crippen LogP contribution in [0.3, 0.4) is 0 Å². The van der Waals surface area contributed by atoms with E-state index in [1.807, 2.05) is 26.8 Å². The fraction of sp³-hybridized carbons (Fsp3) is 0.692. The molecule has 0 spiro atoms. The van der Waals surface area contributed by atoms with Crippen LogP contribution >= 0.6 is 0 Å². The molecular formula is C13H23N3O2. The first-order valence-corrected chi connectivity index (χ1v) is 6.41. The number of aromatic nitrogens is 2. The number of hydrogen-bond acceptors (Lipinski definition) is 3. The number of carbonyl (C=O) groups is 1. The lowest BCUT2D eigenvalue weighted by Crippen LogP contribution is -2.29. The van der Waals surface area contributed by atoms with Gasteiger partial charge in [-0.1, -0.05) is 6.92 Å². The summed E-state index contributed by atoms with van der Waals surface area (Å²) >= 11 is 0. The van der Waals surface area contributed by atoms with Crippen LogP contribution in [0.5, 0.6) is 0 Å². The maximum Gasteiger partial charge on any atom is 0.241 e. The Kier molecular flexibility index (Phi) is 5.85. The van der Waals surface area contributed by atoms with Gasteiger partial charge in [-0.05, 0) is 38.7 Å². The summed E-state index contributed by atoms with van der Waals surface area (Å²) in [7, 11) is 0. The molecule has 5 nitrogen and oxygen atoms in total. The van der Waals surface area contributed by atoms with Crippen molar-refractivity contribution in [2.24, 2.45) is 5.92 Å². The zero-order valence-corrected chi connectivity index (χ0v) is 11.4. The second-order valence-electron chi connectivity index (χ2n) is 4.86. The van der Waals surface area contributed by atoms with E-state index >= 15 is 0 Å². The minimum absolute atomic E-state index is 0.0159. The van der Waals surface area contributed by atoms with E-state index in [1.165, 1.54) is 0 Å². The molecule has 102 valence electrons. The Labute approximate surface area is 108 Å². The van der Waals surface area contributed by atoms with Crippen LogP contribution in [0.4, 0.5) is 0 Å². The average molecular weight is 253 g/mol. The van der Waals surface area contributed by atoms with Gasteiger partial charge in [-0.3, -0.25) is 9.48 Å². The summed E-state index contributed by atoms with van der Waals surface area (Å²) in [6.07, 6.45) is 1.82. The summed E-state index contributed by atoms with van der Waals surface area (Å²) in [6.45, 7) is 6.99. The van der Waals surface area contributed by atoms with Crippen LogP contribution in [-0.2, 0) is 11.3 Å². The molecule has 1 unspecified atom stereocenters. The van der Waals surface area contributed by atoms with Crippen LogP contribution in [0, 0.1) is 19.8 Å². The van der Waals surface area contributed by atoms with E-state index in [9.17, 15) is 4.79 Å². The van der Waals surface area contributed by atoms with E-state index in [4.69, 9.17) is 5.11 Å². The predicted molar refractivity (Wildman–Crippen MR) is 70.2 cm³/mol. The molecule has 1 amide bonds. The zero-order chi connectivity index (χ0) is 13.5. The lowest BCUT2D eigenvalue weighted by molar-refractivity contribution is -0.121. The molecule has 1 heterocycles. The molecular weight excluding hydrogens is 230 g/mol. The summed E-state index contributed by atoms with van der Waals surface area (Å²) < 4.78 is 1.71. The zero-order valence-electron chi connectivity index (χ0n) is 11.4. The minimum Gasteiger partial charge on any atom is -0.396 e. The molecule has 0 fully saturated rings. The summed E-state index contributed by atoms with van der Waals surface area (Å²) in [4.78, 5) is 11.7. The third-order valence-electron chi connectivity index (χ3n) is 2.90. The Morgan fingerprint density at radius 3 is 2.83 bits per heavy atom. The van der Waals surface area contributed by atoms with Gasteiger partial charge in [0.25, 0.3) is 0 Å². The average Bonchev–Trinajstić information content (AvgIpc) is 2.63.